The van der Waals surface area contributed by atoms with Gasteiger partial charge in [-0.3, -0.25) is 0 Å². The first kappa shape index (κ1) is 16.7. The highest BCUT2D eigenvalue weighted by atomic mass is 16.5. The van der Waals surface area contributed by atoms with Crippen molar-refractivity contribution in [2.75, 3.05) is 0 Å². The van der Waals surface area contributed by atoms with Crippen molar-refractivity contribution in [2.45, 2.75) is 84.0 Å². The van der Waals surface area contributed by atoms with Crippen LogP contribution in [0.2, 0.25) is 0 Å². The smallest absolute Gasteiger partial charge is 0.323 e. The molecule has 0 aliphatic heterocycles. The number of hydrogen-bond acceptors (Lipinski definition) is 4. The van der Waals surface area contributed by atoms with Gasteiger partial charge in [-0.2, -0.15) is 10.2 Å². The van der Waals surface area contributed by atoms with Crippen molar-refractivity contribution in [1.82, 2.24) is 10.1 Å². The summed E-state index contributed by atoms with van der Waals surface area (Å²) in [5.41, 5.74) is -0.0541. The van der Waals surface area contributed by atoms with E-state index >= 15 is 0 Å². The molecule has 1 atom stereocenters. The Morgan fingerprint density at radius 2 is 1.65 bits per heavy atom. The third-order valence-corrected chi connectivity index (χ3v) is 3.98. The molecule has 0 bridgehead atoms. The van der Waals surface area contributed by atoms with E-state index in [2.05, 4.69) is 30.9 Å². The highest BCUT2D eigenvalue weighted by molar-refractivity contribution is 5.11. The summed E-state index contributed by atoms with van der Waals surface area (Å²) in [5, 5.41) is 12.9. The fourth-order valence-corrected chi connectivity index (χ4v) is 2.57. The van der Waals surface area contributed by atoms with Crippen LogP contribution in [0.25, 0.3) is 0 Å². The van der Waals surface area contributed by atoms with Crippen molar-refractivity contribution in [2.24, 2.45) is 0 Å². The molecule has 20 heavy (non-hydrogen) atoms. The minimum absolute atomic E-state index is 0.0541. The maximum Gasteiger partial charge on any atom is 0.329 e. The molecule has 1 aromatic heterocycles. The highest BCUT2D eigenvalue weighted by Gasteiger charge is 2.31. The molecule has 0 saturated carbocycles. The minimum Gasteiger partial charge on any atom is -0.323 e. The molecule has 0 aliphatic carbocycles. The molecule has 1 unspecified atom stereocenters. The number of nitrogens with zero attached hydrogens (tertiary/aromatic N) is 3. The summed E-state index contributed by atoms with van der Waals surface area (Å²) in [6, 6.07) is 1.92. The van der Waals surface area contributed by atoms with Crippen LogP contribution >= 0.6 is 0 Å². The van der Waals surface area contributed by atoms with Crippen molar-refractivity contribution in [3.8, 4) is 6.07 Å². The monoisotopic (exact) mass is 277 g/mol. The number of unbranched alkanes of at least 4 members (excludes halogenated alkanes) is 5. The largest absolute Gasteiger partial charge is 0.329 e. The van der Waals surface area contributed by atoms with Gasteiger partial charge in [0, 0.05) is 5.41 Å². The Labute approximate surface area is 122 Å². The lowest BCUT2D eigenvalue weighted by atomic mass is 9.79. The van der Waals surface area contributed by atoms with Crippen LogP contribution in [0.4, 0.5) is 0 Å². The van der Waals surface area contributed by atoms with Crippen LogP contribution in [0.15, 0.2) is 4.52 Å². The second-order valence-corrected chi connectivity index (χ2v) is 5.86. The summed E-state index contributed by atoms with van der Waals surface area (Å²) in [7, 11) is 0. The summed E-state index contributed by atoms with van der Waals surface area (Å²) in [5.74, 6) is 0.789. The van der Waals surface area contributed by atoms with E-state index in [4.69, 9.17) is 9.78 Å². The first-order chi connectivity index (χ1) is 9.66. The van der Waals surface area contributed by atoms with Gasteiger partial charge in [-0.05, 0) is 12.8 Å². The number of aromatic nitrogens is 2. The van der Waals surface area contributed by atoms with Crippen molar-refractivity contribution in [3.63, 3.8) is 0 Å². The normalized spacial score (nSPS) is 13.9. The molecule has 0 radical (unpaired) electrons. The molecule has 0 saturated heterocycles. The first-order valence-corrected chi connectivity index (χ1v) is 7.90. The number of hydrogen-bond donors (Lipinski definition) is 0. The molecule has 0 spiro atoms. The van der Waals surface area contributed by atoms with Gasteiger partial charge in [-0.25, -0.2) is 0 Å². The van der Waals surface area contributed by atoms with Gasteiger partial charge in [0.05, 0.1) is 0 Å². The Kier molecular flexibility index (Phi) is 7.28. The maximum atomic E-state index is 8.83. The summed E-state index contributed by atoms with van der Waals surface area (Å²) >= 11 is 0. The quantitative estimate of drug-likeness (QED) is 0.579. The molecule has 4 nitrogen and oxygen atoms in total. The summed E-state index contributed by atoms with van der Waals surface area (Å²) in [6.07, 6.45) is 10.7. The zero-order chi connectivity index (χ0) is 14.8. The minimum atomic E-state index is -0.0541. The third kappa shape index (κ3) is 4.96. The molecule has 1 aromatic rings. The Morgan fingerprint density at radius 1 is 1.05 bits per heavy atom. The van der Waals surface area contributed by atoms with Crippen LogP contribution in [0.3, 0.4) is 0 Å². The fraction of sp³-hybridized carbons (Fsp3) is 0.812. The van der Waals surface area contributed by atoms with Gasteiger partial charge in [-0.1, -0.05) is 70.9 Å². The van der Waals surface area contributed by atoms with Gasteiger partial charge in [0.25, 0.3) is 0 Å². The van der Waals surface area contributed by atoms with Crippen molar-refractivity contribution in [1.29, 1.82) is 5.26 Å². The molecule has 112 valence electrons. The molecular weight excluding hydrogens is 250 g/mol. The molecule has 1 rings (SSSR count). The van der Waals surface area contributed by atoms with E-state index in [1.165, 1.54) is 44.9 Å². The Bertz CT molecular complexity index is 422. The van der Waals surface area contributed by atoms with E-state index in [9.17, 15) is 0 Å². The zero-order valence-corrected chi connectivity index (χ0v) is 13.1. The summed E-state index contributed by atoms with van der Waals surface area (Å²) in [4.78, 5) is 4.24. The first-order valence-electron chi connectivity index (χ1n) is 7.90. The van der Waals surface area contributed by atoms with Gasteiger partial charge in [0.2, 0.25) is 0 Å². The van der Waals surface area contributed by atoms with Crippen LogP contribution < -0.4 is 0 Å². The molecular formula is C16H27N3O. The number of nitriles is 1. The summed E-state index contributed by atoms with van der Waals surface area (Å²) < 4.78 is 4.97. The molecule has 1 heterocycles. The SMILES string of the molecule is CCCCCCC(C)(CCCCC)c1noc(C#N)n1. The molecule has 4 heteroatoms. The Hall–Kier alpha value is -1.37. The third-order valence-electron chi connectivity index (χ3n) is 3.98. The Balaban J connectivity index is 2.69. The molecule has 0 amide bonds. The van der Waals surface area contributed by atoms with Gasteiger partial charge < -0.3 is 4.52 Å². The van der Waals surface area contributed by atoms with Gasteiger partial charge in [-0.15, -0.1) is 0 Å². The number of rotatable bonds is 10. The maximum absolute atomic E-state index is 8.83. The predicted octanol–water partition coefficient (Wildman–Crippen LogP) is 4.75. The van der Waals surface area contributed by atoms with Crippen LogP contribution in [0.1, 0.15) is 90.3 Å². The molecule has 0 N–H and O–H groups in total. The van der Waals surface area contributed by atoms with Crippen LogP contribution in [-0.4, -0.2) is 10.1 Å². The van der Waals surface area contributed by atoms with E-state index in [0.717, 1.165) is 12.8 Å². The van der Waals surface area contributed by atoms with Crippen molar-refractivity contribution in [3.05, 3.63) is 11.7 Å². The fourth-order valence-electron chi connectivity index (χ4n) is 2.57. The van der Waals surface area contributed by atoms with E-state index in [1.54, 1.807) is 0 Å². The summed E-state index contributed by atoms with van der Waals surface area (Å²) in [6.45, 7) is 6.64. The molecule has 0 aromatic carbocycles. The van der Waals surface area contributed by atoms with Gasteiger partial charge >= 0.3 is 5.89 Å². The second kappa shape index (κ2) is 8.73. The van der Waals surface area contributed by atoms with E-state index in [0.29, 0.717) is 5.82 Å². The van der Waals surface area contributed by atoms with Crippen LogP contribution in [0, 0.1) is 11.3 Å². The van der Waals surface area contributed by atoms with Gasteiger partial charge in [0.15, 0.2) is 11.9 Å². The zero-order valence-electron chi connectivity index (χ0n) is 13.1. The van der Waals surface area contributed by atoms with Crippen molar-refractivity contribution >= 4 is 0 Å². The standard InChI is InChI=1S/C16H27N3O/c1-4-6-8-10-12-16(3,11-9-7-5-2)15-18-14(13-17)20-19-15/h4-12H2,1-3H3. The van der Waals surface area contributed by atoms with Crippen molar-refractivity contribution < 1.29 is 4.52 Å². The van der Waals surface area contributed by atoms with Crippen LogP contribution in [0.5, 0.6) is 0 Å². The lowest BCUT2D eigenvalue weighted by Crippen LogP contribution is -2.24. The lowest BCUT2D eigenvalue weighted by molar-refractivity contribution is 0.322. The van der Waals surface area contributed by atoms with E-state index < -0.39 is 0 Å². The lowest BCUT2D eigenvalue weighted by Gasteiger charge is -2.26. The highest BCUT2D eigenvalue weighted by Crippen LogP contribution is 2.33. The van der Waals surface area contributed by atoms with Gasteiger partial charge in [0.1, 0.15) is 0 Å². The molecule has 0 aliphatic rings. The Morgan fingerprint density at radius 3 is 2.20 bits per heavy atom. The van der Waals surface area contributed by atoms with Crippen LogP contribution in [-0.2, 0) is 5.41 Å². The predicted molar refractivity (Wildman–Crippen MR) is 79.3 cm³/mol. The molecule has 0 fully saturated rings. The average molecular weight is 277 g/mol. The average Bonchev–Trinajstić information content (AvgIpc) is 2.94. The second-order valence-electron chi connectivity index (χ2n) is 5.86. The topological polar surface area (TPSA) is 62.7 Å². The van der Waals surface area contributed by atoms with E-state index in [1.807, 2.05) is 6.07 Å². The van der Waals surface area contributed by atoms with E-state index in [-0.39, 0.29) is 11.3 Å².